The quantitative estimate of drug-likeness (QED) is 0.0311. The minimum absolute atomic E-state index is 0.00878. The fourth-order valence-electron chi connectivity index (χ4n) is 9.66. The van der Waals surface area contributed by atoms with Crippen LogP contribution >= 0.6 is 0 Å². The molecule has 23 heteroatoms. The van der Waals surface area contributed by atoms with E-state index in [1.807, 2.05) is 27.7 Å². The van der Waals surface area contributed by atoms with Crippen LogP contribution in [0.1, 0.15) is 114 Å². The van der Waals surface area contributed by atoms with Gasteiger partial charge in [-0.05, 0) is 99.6 Å². The standard InChI is InChI=1S/C57H78N8O15/c1-9-35(77-29-47(66)41(23-33-17-19-58-51(33)68)62-53(70)43(21-31(3)4)64-55(72)45-25-37-39(60-45)13-11-15-49(37)75-7)27-79-57(74)80-28-36(10-2)78-30-48(67)42(24-34-18-20-59-52(34)69)63-54(71)44(22-32(5)6)65-56(73)46-26-38-40(61-46)14-12-16-50(38)76-8/h11-16,25-26,31-36,41-44,60-61H,9-10,17-24,27-30H2,1-8H3,(H,58,68)(H,59,69)(H,62,70)(H,63,71)(H,64,72)(H,65,73)/t33-,34-,35+,36+,41-,42-,43-,44-/m0/s1. The van der Waals surface area contributed by atoms with E-state index in [4.69, 9.17) is 28.4 Å². The number of methoxy groups -OCH3 is 2. The van der Waals surface area contributed by atoms with Crippen molar-refractivity contribution >= 4 is 75.0 Å². The van der Waals surface area contributed by atoms with E-state index in [-0.39, 0.29) is 73.9 Å². The van der Waals surface area contributed by atoms with Crippen molar-refractivity contribution in [3.8, 4) is 11.5 Å². The summed E-state index contributed by atoms with van der Waals surface area (Å²) in [5.41, 5.74) is 1.75. The Kier molecular flexibility index (Phi) is 22.8. The highest BCUT2D eigenvalue weighted by atomic mass is 16.7. The zero-order valence-corrected chi connectivity index (χ0v) is 46.9. The number of nitrogens with one attached hydrogen (secondary N) is 8. The maximum atomic E-state index is 14.0. The topological polar surface area (TPSA) is 313 Å². The Bertz CT molecular complexity index is 2640. The molecule has 2 aromatic carbocycles. The van der Waals surface area contributed by atoms with Gasteiger partial charge in [-0.1, -0.05) is 53.7 Å². The Labute approximate surface area is 465 Å². The molecule has 0 unspecified atom stereocenters. The van der Waals surface area contributed by atoms with E-state index in [0.29, 0.717) is 72.1 Å². The van der Waals surface area contributed by atoms with Crippen LogP contribution in [0.5, 0.6) is 11.5 Å². The van der Waals surface area contributed by atoms with Gasteiger partial charge in [0, 0.05) is 46.7 Å². The van der Waals surface area contributed by atoms with Gasteiger partial charge in [-0.3, -0.25) is 38.4 Å². The maximum absolute atomic E-state index is 14.0. The van der Waals surface area contributed by atoms with Gasteiger partial charge in [-0.25, -0.2) is 4.79 Å². The summed E-state index contributed by atoms with van der Waals surface area (Å²) in [6.45, 7) is 10.3. The molecule has 8 N–H and O–H groups in total. The van der Waals surface area contributed by atoms with Crippen LogP contribution in [-0.2, 0) is 47.7 Å². The molecule has 0 aliphatic carbocycles. The van der Waals surface area contributed by atoms with Crippen LogP contribution in [0, 0.1) is 23.7 Å². The summed E-state index contributed by atoms with van der Waals surface area (Å²) in [5, 5.41) is 18.1. The van der Waals surface area contributed by atoms with E-state index in [2.05, 4.69) is 41.9 Å². The molecule has 0 saturated carbocycles. The average molecular weight is 1120 g/mol. The molecular formula is C57H78N8O15. The van der Waals surface area contributed by atoms with Crippen molar-refractivity contribution in [2.75, 3.05) is 53.7 Å². The molecule has 6 amide bonds. The van der Waals surface area contributed by atoms with Gasteiger partial charge < -0.3 is 70.3 Å². The second-order valence-corrected chi connectivity index (χ2v) is 21.2. The zero-order valence-electron chi connectivity index (χ0n) is 46.9. The number of ether oxygens (including phenoxy) is 6. The number of benzene rings is 2. The number of carbonyl (C=O) groups excluding carboxylic acids is 9. The number of amides is 6. The predicted molar refractivity (Wildman–Crippen MR) is 294 cm³/mol. The Balaban J connectivity index is 1.00. The predicted octanol–water partition coefficient (Wildman–Crippen LogP) is 4.56. The number of ketones is 2. The number of H-pyrrole nitrogens is 2. The number of hydrogen-bond donors (Lipinski definition) is 8. The summed E-state index contributed by atoms with van der Waals surface area (Å²) in [6, 6.07) is 9.55. The Morgan fingerprint density at radius 3 is 1.31 bits per heavy atom. The number of hydrogen-bond acceptors (Lipinski definition) is 15. The number of aromatic nitrogens is 2. The van der Waals surface area contributed by atoms with Gasteiger partial charge in [-0.2, -0.15) is 0 Å². The minimum Gasteiger partial charge on any atom is -0.496 e. The molecule has 2 aliphatic heterocycles. The third-order valence-electron chi connectivity index (χ3n) is 14.2. The summed E-state index contributed by atoms with van der Waals surface area (Å²) in [5.74, 6) is -3.93. The van der Waals surface area contributed by atoms with Crippen molar-refractivity contribution in [3.05, 3.63) is 59.9 Å². The van der Waals surface area contributed by atoms with Crippen LogP contribution in [0.3, 0.4) is 0 Å². The smallest absolute Gasteiger partial charge is 0.496 e. The van der Waals surface area contributed by atoms with Crippen molar-refractivity contribution in [3.63, 3.8) is 0 Å². The monoisotopic (exact) mass is 1110 g/mol. The molecule has 80 heavy (non-hydrogen) atoms. The first-order valence-corrected chi connectivity index (χ1v) is 27.5. The van der Waals surface area contributed by atoms with Crippen LogP contribution in [0.15, 0.2) is 48.5 Å². The summed E-state index contributed by atoms with van der Waals surface area (Å²) in [6.07, 6.45) is -0.653. The van der Waals surface area contributed by atoms with E-state index in [1.54, 1.807) is 62.4 Å². The molecule has 436 valence electrons. The third kappa shape index (κ3) is 17.2. The van der Waals surface area contributed by atoms with E-state index >= 15 is 0 Å². The van der Waals surface area contributed by atoms with Gasteiger partial charge in [0.1, 0.15) is 61.4 Å². The fourth-order valence-corrected chi connectivity index (χ4v) is 9.66. The van der Waals surface area contributed by atoms with Crippen molar-refractivity contribution in [1.82, 2.24) is 41.9 Å². The normalized spacial score (nSPS) is 17.4. The highest BCUT2D eigenvalue weighted by Gasteiger charge is 2.36. The average Bonchev–Trinajstić information content (AvgIpc) is 4.28. The number of aromatic amines is 2. The molecule has 4 aromatic rings. The highest BCUT2D eigenvalue weighted by Crippen LogP contribution is 2.28. The molecule has 0 spiro atoms. The lowest BCUT2D eigenvalue weighted by Crippen LogP contribution is -2.53. The largest absolute Gasteiger partial charge is 0.508 e. The molecule has 8 atom stereocenters. The molecule has 0 bridgehead atoms. The molecule has 2 aromatic heterocycles. The minimum atomic E-state index is -1.16. The molecule has 2 saturated heterocycles. The van der Waals surface area contributed by atoms with Crippen LogP contribution in [-0.4, -0.2) is 153 Å². The number of Topliss-reactive ketones (excluding diaryl/α,β-unsaturated/α-hetero) is 2. The zero-order chi connectivity index (χ0) is 58.0. The Hall–Kier alpha value is -7.53. The number of fused-ring (bicyclic) bond motifs is 2. The fraction of sp³-hybridized carbons (Fsp3) is 0.561. The molecule has 2 aliphatic rings. The summed E-state index contributed by atoms with van der Waals surface area (Å²) in [7, 11) is 3.05. The van der Waals surface area contributed by atoms with E-state index < -0.39 is 103 Å². The summed E-state index contributed by atoms with van der Waals surface area (Å²) >= 11 is 0. The van der Waals surface area contributed by atoms with Crippen LogP contribution < -0.4 is 41.4 Å². The molecule has 0 radical (unpaired) electrons. The van der Waals surface area contributed by atoms with Gasteiger partial charge in [0.15, 0.2) is 11.6 Å². The second kappa shape index (κ2) is 29.6. The lowest BCUT2D eigenvalue weighted by atomic mass is 9.95. The van der Waals surface area contributed by atoms with Crippen LogP contribution in [0.4, 0.5) is 4.79 Å². The molecule has 23 nitrogen and oxygen atoms in total. The van der Waals surface area contributed by atoms with E-state index in [1.165, 1.54) is 14.2 Å². The summed E-state index contributed by atoms with van der Waals surface area (Å²) in [4.78, 5) is 127. The van der Waals surface area contributed by atoms with Gasteiger partial charge in [0.2, 0.25) is 23.6 Å². The van der Waals surface area contributed by atoms with Gasteiger partial charge in [-0.15, -0.1) is 0 Å². The van der Waals surface area contributed by atoms with Crippen molar-refractivity contribution in [1.29, 1.82) is 0 Å². The van der Waals surface area contributed by atoms with Crippen molar-refractivity contribution in [2.45, 2.75) is 129 Å². The lowest BCUT2D eigenvalue weighted by molar-refractivity contribution is -0.134. The van der Waals surface area contributed by atoms with E-state index in [9.17, 15) is 43.2 Å². The van der Waals surface area contributed by atoms with Gasteiger partial charge in [0.25, 0.3) is 11.8 Å². The Morgan fingerprint density at radius 2 is 0.975 bits per heavy atom. The second-order valence-electron chi connectivity index (χ2n) is 21.2. The van der Waals surface area contributed by atoms with E-state index in [0.717, 1.165) is 0 Å². The SMILES string of the molecule is CC[C@H](COC(=O)OC[C@@H](CC)OCC(=O)[C@H](C[C@@H]1CCNC1=O)NC(=O)[C@H](CC(C)C)NC(=O)c1cc2c(OC)cccc2[nH]1)OCC(=O)[C@H](C[C@@H]1CCNC1=O)NC(=O)[C@H](CC(C)C)NC(=O)c1cc2c(OC)cccc2[nH]1. The molecule has 2 fully saturated rings. The molecular weight excluding hydrogens is 1040 g/mol. The number of carbonyl (C=O) groups is 9. The van der Waals surface area contributed by atoms with Crippen molar-refractivity contribution < 1.29 is 71.6 Å². The molecule has 4 heterocycles. The van der Waals surface area contributed by atoms with Gasteiger partial charge in [0.05, 0.1) is 38.5 Å². The first kappa shape index (κ1) is 61.7. The van der Waals surface area contributed by atoms with Crippen LogP contribution in [0.2, 0.25) is 0 Å². The van der Waals surface area contributed by atoms with Gasteiger partial charge >= 0.3 is 6.16 Å². The lowest BCUT2D eigenvalue weighted by Gasteiger charge is -2.26. The summed E-state index contributed by atoms with van der Waals surface area (Å²) < 4.78 is 33.4. The first-order chi connectivity index (χ1) is 38.3. The first-order valence-electron chi connectivity index (χ1n) is 27.5. The van der Waals surface area contributed by atoms with Crippen molar-refractivity contribution in [2.24, 2.45) is 23.7 Å². The highest BCUT2D eigenvalue weighted by molar-refractivity contribution is 6.03. The third-order valence-corrected chi connectivity index (χ3v) is 14.2. The number of rotatable bonds is 32. The maximum Gasteiger partial charge on any atom is 0.508 e. The Morgan fingerprint density at radius 1 is 0.575 bits per heavy atom. The molecule has 6 rings (SSSR count). The van der Waals surface area contributed by atoms with Crippen LogP contribution in [0.25, 0.3) is 21.8 Å².